The number of hydrogen-bond donors (Lipinski definition) is 5. The molecule has 10 nitrogen and oxygen atoms in total. The van der Waals surface area contributed by atoms with Crippen LogP contribution in [0.15, 0.2) is 0 Å². The van der Waals surface area contributed by atoms with E-state index in [0.717, 1.165) is 38.5 Å². The van der Waals surface area contributed by atoms with Crippen molar-refractivity contribution in [1.29, 1.82) is 0 Å². The molecule has 3 amide bonds. The van der Waals surface area contributed by atoms with Crippen LogP contribution in [0.1, 0.15) is 96.8 Å². The van der Waals surface area contributed by atoms with Crippen molar-refractivity contribution in [3.8, 4) is 0 Å². The SMILES string of the molecule is CC1CCCCC1NC(=O)NC1CCC(CC(=O)NC2CCCC(S(=O)(=O)NCCC(=O)O)C2)CC1. The largest absolute Gasteiger partial charge is 0.481 e. The van der Waals surface area contributed by atoms with Crippen molar-refractivity contribution in [3.05, 3.63) is 0 Å². The molecule has 0 saturated heterocycles. The molecule has 3 saturated carbocycles. The van der Waals surface area contributed by atoms with Gasteiger partial charge in [-0.2, -0.15) is 0 Å². The van der Waals surface area contributed by atoms with Gasteiger partial charge in [-0.25, -0.2) is 17.9 Å². The zero-order valence-corrected chi connectivity index (χ0v) is 22.3. The molecule has 36 heavy (non-hydrogen) atoms. The fraction of sp³-hybridized carbons (Fsp3) is 0.880. The summed E-state index contributed by atoms with van der Waals surface area (Å²) in [4.78, 5) is 35.7. The molecule has 0 heterocycles. The average molecular weight is 529 g/mol. The van der Waals surface area contributed by atoms with Gasteiger partial charge in [0, 0.05) is 31.1 Å². The molecule has 0 aromatic heterocycles. The maximum absolute atomic E-state index is 12.7. The van der Waals surface area contributed by atoms with Crippen LogP contribution in [0.5, 0.6) is 0 Å². The van der Waals surface area contributed by atoms with Gasteiger partial charge >= 0.3 is 12.0 Å². The van der Waals surface area contributed by atoms with Gasteiger partial charge in [0.05, 0.1) is 11.7 Å². The number of carbonyl (C=O) groups excluding carboxylic acids is 2. The molecule has 0 radical (unpaired) electrons. The highest BCUT2D eigenvalue weighted by Gasteiger charge is 2.33. The Bertz CT molecular complexity index is 859. The zero-order chi connectivity index (χ0) is 26.1. The number of amides is 3. The Morgan fingerprint density at radius 3 is 2.25 bits per heavy atom. The molecule has 3 fully saturated rings. The highest BCUT2D eigenvalue weighted by atomic mass is 32.2. The monoisotopic (exact) mass is 528 g/mol. The first-order valence-electron chi connectivity index (χ1n) is 13.7. The summed E-state index contributed by atoms with van der Waals surface area (Å²) >= 11 is 0. The van der Waals surface area contributed by atoms with E-state index in [1.54, 1.807) is 0 Å². The first-order chi connectivity index (χ1) is 17.1. The van der Waals surface area contributed by atoms with Gasteiger partial charge in [-0.15, -0.1) is 0 Å². The minimum Gasteiger partial charge on any atom is -0.481 e. The Kier molecular flexibility index (Phi) is 10.8. The van der Waals surface area contributed by atoms with Crippen LogP contribution in [-0.2, 0) is 19.6 Å². The van der Waals surface area contributed by atoms with E-state index in [4.69, 9.17) is 5.11 Å². The summed E-state index contributed by atoms with van der Waals surface area (Å²) in [5.41, 5.74) is 0. The summed E-state index contributed by atoms with van der Waals surface area (Å²) in [6, 6.07) is 0.139. The second-order valence-corrected chi connectivity index (χ2v) is 13.1. The summed E-state index contributed by atoms with van der Waals surface area (Å²) < 4.78 is 27.4. The molecule has 3 rings (SSSR count). The molecule has 3 aliphatic carbocycles. The number of aliphatic carboxylic acids is 1. The lowest BCUT2D eigenvalue weighted by Gasteiger charge is -2.33. The minimum absolute atomic E-state index is 0.0441. The maximum Gasteiger partial charge on any atom is 0.315 e. The summed E-state index contributed by atoms with van der Waals surface area (Å²) in [5.74, 6) is -0.303. The third-order valence-corrected chi connectivity index (χ3v) is 10.1. The number of carbonyl (C=O) groups is 3. The molecular weight excluding hydrogens is 484 g/mol. The zero-order valence-electron chi connectivity index (χ0n) is 21.5. The molecule has 206 valence electrons. The van der Waals surface area contributed by atoms with Crippen LogP contribution < -0.4 is 20.7 Å². The van der Waals surface area contributed by atoms with Crippen molar-refractivity contribution in [2.75, 3.05) is 6.54 Å². The van der Waals surface area contributed by atoms with Gasteiger partial charge in [0.1, 0.15) is 0 Å². The summed E-state index contributed by atoms with van der Waals surface area (Å²) in [6.07, 6.45) is 10.6. The predicted molar refractivity (Wildman–Crippen MR) is 137 cm³/mol. The number of sulfonamides is 1. The van der Waals surface area contributed by atoms with Gasteiger partial charge in [0.2, 0.25) is 15.9 Å². The number of nitrogens with one attached hydrogen (secondary N) is 4. The maximum atomic E-state index is 12.7. The Morgan fingerprint density at radius 1 is 0.833 bits per heavy atom. The molecule has 0 aromatic carbocycles. The summed E-state index contributed by atoms with van der Waals surface area (Å²) in [5, 5.41) is 17.4. The quantitative estimate of drug-likeness (QED) is 0.294. The fourth-order valence-corrected chi connectivity index (χ4v) is 7.55. The number of carboxylic acids is 1. The second-order valence-electron chi connectivity index (χ2n) is 11.0. The third-order valence-electron chi connectivity index (χ3n) is 8.16. The lowest BCUT2D eigenvalue weighted by molar-refractivity contribution is -0.136. The fourth-order valence-electron chi connectivity index (χ4n) is 5.96. The van der Waals surface area contributed by atoms with Gasteiger partial charge in [0.25, 0.3) is 0 Å². The topological polar surface area (TPSA) is 154 Å². The van der Waals surface area contributed by atoms with Crippen LogP contribution in [0, 0.1) is 11.8 Å². The Labute approximate surface area is 215 Å². The van der Waals surface area contributed by atoms with Crippen molar-refractivity contribution in [3.63, 3.8) is 0 Å². The van der Waals surface area contributed by atoms with Gasteiger partial charge in [-0.1, -0.05) is 26.2 Å². The van der Waals surface area contributed by atoms with Crippen molar-refractivity contribution in [2.45, 2.75) is 120 Å². The summed E-state index contributed by atoms with van der Waals surface area (Å²) in [6.45, 7) is 2.08. The van der Waals surface area contributed by atoms with E-state index in [1.165, 1.54) is 19.3 Å². The predicted octanol–water partition coefficient (Wildman–Crippen LogP) is 2.63. The van der Waals surface area contributed by atoms with E-state index >= 15 is 0 Å². The molecule has 11 heteroatoms. The first kappa shape index (κ1) is 28.7. The highest BCUT2D eigenvalue weighted by Crippen LogP contribution is 2.28. The van der Waals surface area contributed by atoms with E-state index in [-0.39, 0.29) is 48.9 Å². The number of carboxylic acid groups (broad SMARTS) is 1. The van der Waals surface area contributed by atoms with E-state index in [9.17, 15) is 22.8 Å². The molecule has 3 aliphatic rings. The van der Waals surface area contributed by atoms with Crippen molar-refractivity contribution in [1.82, 2.24) is 20.7 Å². The van der Waals surface area contributed by atoms with E-state index in [1.807, 2.05) is 0 Å². The summed E-state index contributed by atoms with van der Waals surface area (Å²) in [7, 11) is -3.61. The molecular formula is C25H44N4O6S. The van der Waals surface area contributed by atoms with Crippen LogP contribution in [0.3, 0.4) is 0 Å². The average Bonchev–Trinajstić information content (AvgIpc) is 2.81. The molecule has 5 N–H and O–H groups in total. The highest BCUT2D eigenvalue weighted by molar-refractivity contribution is 7.90. The smallest absolute Gasteiger partial charge is 0.315 e. The normalized spacial score (nSPS) is 31.2. The molecule has 4 atom stereocenters. The van der Waals surface area contributed by atoms with Gasteiger partial charge in [-0.05, 0) is 69.6 Å². The lowest BCUT2D eigenvalue weighted by atomic mass is 9.83. The van der Waals surface area contributed by atoms with Crippen LogP contribution in [-0.4, -0.2) is 61.4 Å². The molecule has 0 bridgehead atoms. The Balaban J connectivity index is 1.34. The minimum atomic E-state index is -3.61. The molecule has 0 spiro atoms. The number of rotatable bonds is 10. The van der Waals surface area contributed by atoms with Gasteiger partial charge < -0.3 is 21.1 Å². The molecule has 0 aromatic rings. The first-order valence-corrected chi connectivity index (χ1v) is 15.2. The van der Waals surface area contributed by atoms with Crippen LogP contribution >= 0.6 is 0 Å². The molecule has 0 aliphatic heterocycles. The number of hydrogen-bond acceptors (Lipinski definition) is 5. The van der Waals surface area contributed by atoms with E-state index in [2.05, 4.69) is 27.6 Å². The van der Waals surface area contributed by atoms with Crippen molar-refractivity contribution >= 4 is 27.9 Å². The Hall–Kier alpha value is -1.88. The third kappa shape index (κ3) is 9.21. The molecule has 4 unspecified atom stereocenters. The van der Waals surface area contributed by atoms with Gasteiger partial charge in [-0.3, -0.25) is 9.59 Å². The van der Waals surface area contributed by atoms with Crippen LogP contribution in [0.4, 0.5) is 4.79 Å². The lowest BCUT2D eigenvalue weighted by Crippen LogP contribution is -2.49. The van der Waals surface area contributed by atoms with Crippen LogP contribution in [0.25, 0.3) is 0 Å². The number of urea groups is 1. The second kappa shape index (κ2) is 13.6. The van der Waals surface area contributed by atoms with E-state index < -0.39 is 21.2 Å². The van der Waals surface area contributed by atoms with E-state index in [0.29, 0.717) is 31.6 Å². The standard InChI is InChI=1S/C25H44N4O6S/c1-17-5-2-3-8-22(17)29-25(33)28-19-11-9-18(10-12-19)15-23(30)27-20-6-4-7-21(16-20)36(34,35)26-14-13-24(31)32/h17-22,26H,2-16H2,1H3,(H,27,30)(H,31,32)(H2,28,29,33). The van der Waals surface area contributed by atoms with Crippen molar-refractivity contribution < 1.29 is 27.9 Å². The van der Waals surface area contributed by atoms with Gasteiger partial charge in [0.15, 0.2) is 0 Å². The van der Waals surface area contributed by atoms with Crippen molar-refractivity contribution in [2.24, 2.45) is 11.8 Å². The Morgan fingerprint density at radius 2 is 1.56 bits per heavy atom. The van der Waals surface area contributed by atoms with Crippen LogP contribution in [0.2, 0.25) is 0 Å².